The van der Waals surface area contributed by atoms with Gasteiger partial charge in [-0.2, -0.15) is 13.8 Å². The van der Waals surface area contributed by atoms with Gasteiger partial charge in [-0.3, -0.25) is 18.7 Å². The summed E-state index contributed by atoms with van der Waals surface area (Å²) in [6.07, 6.45) is 0. The Balaban J connectivity index is 1.99. The number of rotatable bonds is 5. The molecule has 2 heterocycles. The maximum Gasteiger partial charge on any atom is 0.387 e. The van der Waals surface area contributed by atoms with E-state index in [-0.39, 0.29) is 34.3 Å². The summed E-state index contributed by atoms with van der Waals surface area (Å²) in [5, 5.41) is -0.130. The maximum atomic E-state index is 12.5. The third-order valence-corrected chi connectivity index (χ3v) is 4.29. The Labute approximate surface area is 155 Å². The third-order valence-electron chi connectivity index (χ3n) is 4.00. The second-order valence-corrected chi connectivity index (χ2v) is 6.01. The first-order valence-corrected chi connectivity index (χ1v) is 7.98. The van der Waals surface area contributed by atoms with Gasteiger partial charge >= 0.3 is 12.3 Å². The van der Waals surface area contributed by atoms with Crippen LogP contribution in [0.2, 0.25) is 5.28 Å². The summed E-state index contributed by atoms with van der Waals surface area (Å²) in [5.74, 6) is -0.521. The van der Waals surface area contributed by atoms with Gasteiger partial charge in [-0.05, 0) is 35.9 Å². The van der Waals surface area contributed by atoms with E-state index in [2.05, 4.69) is 9.72 Å². The van der Waals surface area contributed by atoms with Crippen LogP contribution in [-0.2, 0) is 20.6 Å². The molecular formula is C16H13ClF2N4O4. The van der Waals surface area contributed by atoms with Gasteiger partial charge < -0.3 is 9.30 Å². The number of carbonyl (C=O) groups excluding carboxylic acids is 1. The molecule has 0 radical (unpaired) electrons. The van der Waals surface area contributed by atoms with E-state index < -0.39 is 23.6 Å². The van der Waals surface area contributed by atoms with Crippen LogP contribution in [0.4, 0.5) is 8.78 Å². The first-order valence-electron chi connectivity index (χ1n) is 7.60. The van der Waals surface area contributed by atoms with E-state index in [9.17, 15) is 23.2 Å². The van der Waals surface area contributed by atoms with E-state index in [0.29, 0.717) is 0 Å². The summed E-state index contributed by atoms with van der Waals surface area (Å²) in [6, 6.07) is 5.10. The van der Waals surface area contributed by atoms with E-state index >= 15 is 0 Å². The fraction of sp³-hybridized carbons (Fsp3) is 0.250. The quantitative estimate of drug-likeness (QED) is 0.481. The van der Waals surface area contributed by atoms with Crippen LogP contribution in [0, 0.1) is 0 Å². The van der Waals surface area contributed by atoms with Crippen molar-refractivity contribution in [2.24, 2.45) is 14.1 Å². The van der Waals surface area contributed by atoms with E-state index in [1.54, 1.807) is 0 Å². The van der Waals surface area contributed by atoms with E-state index in [0.717, 1.165) is 9.13 Å². The second kappa shape index (κ2) is 6.95. The van der Waals surface area contributed by atoms with Gasteiger partial charge in [-0.15, -0.1) is 0 Å². The zero-order valence-corrected chi connectivity index (χ0v) is 14.9. The SMILES string of the molecule is Cn1c(=O)c2c(nc(Cl)n2CC(=O)c2ccc(OC(F)F)cc2)n(C)c1=O. The zero-order chi connectivity index (χ0) is 19.9. The number of aryl methyl sites for hydroxylation is 1. The molecule has 0 bridgehead atoms. The van der Waals surface area contributed by atoms with Crippen molar-refractivity contribution in [3.8, 4) is 5.75 Å². The van der Waals surface area contributed by atoms with Crippen LogP contribution in [0.3, 0.4) is 0 Å². The van der Waals surface area contributed by atoms with Gasteiger partial charge in [0, 0.05) is 19.7 Å². The number of Topliss-reactive ketones (excluding diaryl/α,β-unsaturated/α-hetero) is 1. The summed E-state index contributed by atoms with van der Waals surface area (Å²) >= 11 is 6.06. The maximum absolute atomic E-state index is 12.5. The number of nitrogens with zero attached hydrogens (tertiary/aromatic N) is 4. The predicted octanol–water partition coefficient (Wildman–Crippen LogP) is 1.57. The summed E-state index contributed by atoms with van der Waals surface area (Å²) in [7, 11) is 2.74. The van der Waals surface area contributed by atoms with Crippen LogP contribution in [0.1, 0.15) is 10.4 Å². The van der Waals surface area contributed by atoms with Crippen molar-refractivity contribution in [2.75, 3.05) is 0 Å². The molecule has 27 heavy (non-hydrogen) atoms. The lowest BCUT2D eigenvalue weighted by atomic mass is 10.1. The molecule has 11 heteroatoms. The van der Waals surface area contributed by atoms with Crippen LogP contribution < -0.4 is 16.0 Å². The Kier molecular flexibility index (Phi) is 4.83. The average Bonchev–Trinajstić information content (AvgIpc) is 2.95. The minimum atomic E-state index is -2.97. The van der Waals surface area contributed by atoms with Crippen molar-refractivity contribution in [1.82, 2.24) is 18.7 Å². The summed E-state index contributed by atoms with van der Waals surface area (Å²) < 4.78 is 31.8. The molecule has 1 aromatic carbocycles. The number of alkyl halides is 2. The molecule has 0 unspecified atom stereocenters. The van der Waals surface area contributed by atoms with Crippen LogP contribution in [-0.4, -0.2) is 31.1 Å². The number of ketones is 1. The molecule has 8 nitrogen and oxygen atoms in total. The number of fused-ring (bicyclic) bond motifs is 1. The Bertz CT molecular complexity index is 1150. The number of halogens is 3. The topological polar surface area (TPSA) is 88.1 Å². The molecule has 2 aromatic heterocycles. The van der Waals surface area contributed by atoms with Crippen LogP contribution in [0.25, 0.3) is 11.2 Å². The first-order chi connectivity index (χ1) is 12.7. The van der Waals surface area contributed by atoms with Crippen LogP contribution in [0.15, 0.2) is 33.9 Å². The van der Waals surface area contributed by atoms with Crippen molar-refractivity contribution in [2.45, 2.75) is 13.2 Å². The Morgan fingerprint density at radius 3 is 2.41 bits per heavy atom. The van der Waals surface area contributed by atoms with E-state index in [4.69, 9.17) is 11.6 Å². The number of imidazole rings is 1. The van der Waals surface area contributed by atoms with Gasteiger partial charge in [0.1, 0.15) is 5.75 Å². The lowest BCUT2D eigenvalue weighted by molar-refractivity contribution is -0.0498. The number of ether oxygens (including phenoxy) is 1. The van der Waals surface area contributed by atoms with E-state index in [1.165, 1.54) is 42.9 Å². The van der Waals surface area contributed by atoms with Gasteiger partial charge in [-0.25, -0.2) is 4.79 Å². The molecule has 0 atom stereocenters. The Morgan fingerprint density at radius 2 is 1.81 bits per heavy atom. The van der Waals surface area contributed by atoms with Crippen molar-refractivity contribution < 1.29 is 18.3 Å². The summed E-state index contributed by atoms with van der Waals surface area (Å²) in [6.45, 7) is -3.29. The molecule has 0 saturated heterocycles. The predicted molar refractivity (Wildman–Crippen MR) is 92.6 cm³/mol. The van der Waals surface area contributed by atoms with Crippen LogP contribution in [0.5, 0.6) is 5.75 Å². The zero-order valence-electron chi connectivity index (χ0n) is 14.1. The highest BCUT2D eigenvalue weighted by Gasteiger charge is 2.20. The number of hydrogen-bond donors (Lipinski definition) is 0. The molecule has 0 aliphatic carbocycles. The highest BCUT2D eigenvalue weighted by molar-refractivity contribution is 6.29. The van der Waals surface area contributed by atoms with Gasteiger partial charge in [0.05, 0.1) is 6.54 Å². The fourth-order valence-electron chi connectivity index (χ4n) is 2.62. The normalized spacial score (nSPS) is 11.3. The Hall–Kier alpha value is -3.01. The molecule has 3 rings (SSSR count). The summed E-state index contributed by atoms with van der Waals surface area (Å²) in [4.78, 5) is 40.9. The highest BCUT2D eigenvalue weighted by atomic mass is 35.5. The van der Waals surface area contributed by atoms with Gasteiger partial charge in [0.15, 0.2) is 16.9 Å². The first kappa shape index (κ1) is 18.8. The minimum Gasteiger partial charge on any atom is -0.435 e. The van der Waals surface area contributed by atoms with Gasteiger partial charge in [0.25, 0.3) is 5.56 Å². The van der Waals surface area contributed by atoms with Gasteiger partial charge in [0.2, 0.25) is 5.28 Å². The standard InChI is InChI=1S/C16H13ClF2N4O4/c1-21-12-11(13(25)22(2)16(21)26)23(14(17)20-12)7-10(24)8-3-5-9(6-4-8)27-15(18)19/h3-6,15H,7H2,1-2H3. The number of hydrogen-bond acceptors (Lipinski definition) is 5. The van der Waals surface area contributed by atoms with Crippen molar-refractivity contribution >= 4 is 28.5 Å². The number of carbonyl (C=O) groups is 1. The molecule has 0 aliphatic heterocycles. The molecule has 0 spiro atoms. The minimum absolute atomic E-state index is 0.00982. The van der Waals surface area contributed by atoms with Crippen molar-refractivity contribution in [3.63, 3.8) is 0 Å². The number of benzene rings is 1. The van der Waals surface area contributed by atoms with Crippen molar-refractivity contribution in [1.29, 1.82) is 0 Å². The molecule has 0 fully saturated rings. The van der Waals surface area contributed by atoms with Gasteiger partial charge in [-0.1, -0.05) is 0 Å². The monoisotopic (exact) mass is 398 g/mol. The smallest absolute Gasteiger partial charge is 0.387 e. The highest BCUT2D eigenvalue weighted by Crippen LogP contribution is 2.19. The Morgan fingerprint density at radius 1 is 1.19 bits per heavy atom. The fourth-order valence-corrected chi connectivity index (χ4v) is 2.85. The molecule has 0 saturated carbocycles. The van der Waals surface area contributed by atoms with E-state index in [1.807, 2.05) is 0 Å². The average molecular weight is 399 g/mol. The lowest BCUT2D eigenvalue weighted by Crippen LogP contribution is -2.37. The summed E-state index contributed by atoms with van der Waals surface area (Å²) in [5.41, 5.74) is -0.941. The number of aromatic nitrogens is 4. The van der Waals surface area contributed by atoms with Crippen molar-refractivity contribution in [3.05, 3.63) is 56.0 Å². The third kappa shape index (κ3) is 3.35. The molecule has 0 N–H and O–H groups in total. The molecule has 0 amide bonds. The van der Waals surface area contributed by atoms with Crippen LogP contribution >= 0.6 is 11.6 Å². The molecule has 0 aliphatic rings. The second-order valence-electron chi connectivity index (χ2n) is 5.67. The molecular weight excluding hydrogens is 386 g/mol. The molecule has 142 valence electrons. The largest absolute Gasteiger partial charge is 0.435 e. The molecule has 3 aromatic rings. The lowest BCUT2D eigenvalue weighted by Gasteiger charge is -2.08.